The number of nitrogens with zero attached hydrogens (tertiary/aromatic N) is 2. The van der Waals surface area contributed by atoms with E-state index in [-0.39, 0.29) is 0 Å². The molecule has 0 spiro atoms. The van der Waals surface area contributed by atoms with Crippen molar-refractivity contribution in [3.8, 4) is 5.88 Å². The number of hydrogen-bond donors (Lipinski definition) is 2. The van der Waals surface area contributed by atoms with Crippen LogP contribution in [0.4, 0.5) is 17.2 Å². The molecule has 0 radical (unpaired) electrons. The molecule has 1 heterocycles. The summed E-state index contributed by atoms with van der Waals surface area (Å²) in [7, 11) is 1.54. The Morgan fingerprint density at radius 2 is 2.05 bits per heavy atom. The van der Waals surface area contributed by atoms with Crippen molar-refractivity contribution in [3.05, 3.63) is 35.7 Å². The molecule has 1 aromatic heterocycles. The smallest absolute Gasteiger partial charge is 0.242 e. The minimum atomic E-state index is 0.388. The molecule has 5 heteroatoms. The summed E-state index contributed by atoms with van der Waals surface area (Å²) < 4.78 is 5.08. The molecule has 1 aliphatic rings. The van der Waals surface area contributed by atoms with Crippen molar-refractivity contribution in [2.45, 2.75) is 19.3 Å². The van der Waals surface area contributed by atoms with E-state index < -0.39 is 0 Å². The molecule has 0 fully saturated rings. The number of hydrogen-bond acceptors (Lipinski definition) is 5. The molecule has 1 aliphatic carbocycles. The van der Waals surface area contributed by atoms with Gasteiger partial charge in [0.15, 0.2) is 5.82 Å². The van der Waals surface area contributed by atoms with Crippen LogP contribution in [-0.4, -0.2) is 17.1 Å². The number of benzene rings is 1. The Morgan fingerprint density at radius 1 is 1.21 bits per heavy atom. The van der Waals surface area contributed by atoms with Gasteiger partial charge in [-0.15, -0.1) is 0 Å². The zero-order chi connectivity index (χ0) is 13.2. The third-order valence-corrected chi connectivity index (χ3v) is 3.40. The third-order valence-electron chi connectivity index (χ3n) is 3.40. The number of anilines is 3. The van der Waals surface area contributed by atoms with Crippen LogP contribution in [0.25, 0.3) is 0 Å². The largest absolute Gasteiger partial charge is 0.479 e. The van der Waals surface area contributed by atoms with Gasteiger partial charge in [0.1, 0.15) is 12.0 Å². The lowest BCUT2D eigenvalue weighted by Crippen LogP contribution is -2.03. The van der Waals surface area contributed by atoms with E-state index in [0.29, 0.717) is 17.4 Å². The van der Waals surface area contributed by atoms with E-state index in [4.69, 9.17) is 10.5 Å². The molecule has 98 valence electrons. The normalized spacial score (nSPS) is 13.1. The first-order valence-electron chi connectivity index (χ1n) is 6.31. The van der Waals surface area contributed by atoms with E-state index in [1.54, 1.807) is 0 Å². The van der Waals surface area contributed by atoms with Gasteiger partial charge in [-0.2, -0.15) is 4.98 Å². The summed E-state index contributed by atoms with van der Waals surface area (Å²) in [5, 5.41) is 3.22. The number of nitrogen functional groups attached to an aromatic ring is 1. The van der Waals surface area contributed by atoms with E-state index in [9.17, 15) is 0 Å². The van der Waals surface area contributed by atoms with Gasteiger partial charge in [0.25, 0.3) is 0 Å². The Morgan fingerprint density at radius 3 is 2.89 bits per heavy atom. The van der Waals surface area contributed by atoms with E-state index in [1.807, 2.05) is 0 Å². The monoisotopic (exact) mass is 256 g/mol. The van der Waals surface area contributed by atoms with Crippen molar-refractivity contribution in [1.29, 1.82) is 0 Å². The number of methoxy groups -OCH3 is 1. The molecular formula is C14H16N4O. The first kappa shape index (κ1) is 11.8. The van der Waals surface area contributed by atoms with Gasteiger partial charge in [0.05, 0.1) is 7.11 Å². The maximum Gasteiger partial charge on any atom is 0.242 e. The maximum atomic E-state index is 5.94. The fraction of sp³-hybridized carbons (Fsp3) is 0.286. The van der Waals surface area contributed by atoms with E-state index in [1.165, 1.54) is 37.4 Å². The van der Waals surface area contributed by atoms with Crippen LogP contribution in [0.2, 0.25) is 0 Å². The lowest BCUT2D eigenvalue weighted by atomic mass is 10.1. The second kappa shape index (κ2) is 4.76. The quantitative estimate of drug-likeness (QED) is 0.881. The molecule has 0 amide bonds. The Labute approximate surface area is 111 Å². The molecule has 0 atom stereocenters. The highest BCUT2D eigenvalue weighted by Gasteiger charge is 2.12. The zero-order valence-electron chi connectivity index (χ0n) is 10.8. The Hall–Kier alpha value is -2.30. The zero-order valence-corrected chi connectivity index (χ0v) is 10.8. The molecule has 5 nitrogen and oxygen atoms in total. The molecule has 0 saturated heterocycles. The number of fused-ring (bicyclic) bond motifs is 1. The molecular weight excluding hydrogens is 240 g/mol. The van der Waals surface area contributed by atoms with Crippen LogP contribution in [0.5, 0.6) is 5.88 Å². The summed E-state index contributed by atoms with van der Waals surface area (Å²) in [6.07, 6.45) is 5.00. The minimum Gasteiger partial charge on any atom is -0.479 e. The van der Waals surface area contributed by atoms with Gasteiger partial charge in [-0.05, 0) is 42.5 Å². The van der Waals surface area contributed by atoms with Gasteiger partial charge in [-0.1, -0.05) is 6.07 Å². The molecule has 3 N–H and O–H groups in total. The summed E-state index contributed by atoms with van der Waals surface area (Å²) >= 11 is 0. The lowest BCUT2D eigenvalue weighted by Gasteiger charge is -2.11. The van der Waals surface area contributed by atoms with Gasteiger partial charge < -0.3 is 15.8 Å². The lowest BCUT2D eigenvalue weighted by molar-refractivity contribution is 0.399. The first-order valence-corrected chi connectivity index (χ1v) is 6.31. The minimum absolute atomic E-state index is 0.388. The van der Waals surface area contributed by atoms with Gasteiger partial charge in [0, 0.05) is 5.69 Å². The van der Waals surface area contributed by atoms with Crippen LogP contribution < -0.4 is 15.8 Å². The van der Waals surface area contributed by atoms with Crippen LogP contribution in [-0.2, 0) is 12.8 Å². The topological polar surface area (TPSA) is 73.1 Å². The van der Waals surface area contributed by atoms with E-state index in [2.05, 4.69) is 33.5 Å². The summed E-state index contributed by atoms with van der Waals surface area (Å²) in [5.74, 6) is 0.962. The van der Waals surface area contributed by atoms with Crippen molar-refractivity contribution in [1.82, 2.24) is 9.97 Å². The van der Waals surface area contributed by atoms with Crippen LogP contribution >= 0.6 is 0 Å². The molecule has 19 heavy (non-hydrogen) atoms. The Kier molecular flexibility index (Phi) is 2.95. The Bertz CT molecular complexity index is 612. The number of ether oxygens (including phenoxy) is 1. The summed E-state index contributed by atoms with van der Waals surface area (Å²) in [4.78, 5) is 8.11. The average molecular weight is 256 g/mol. The van der Waals surface area contributed by atoms with Crippen molar-refractivity contribution >= 4 is 17.2 Å². The molecule has 0 saturated carbocycles. The van der Waals surface area contributed by atoms with Crippen molar-refractivity contribution < 1.29 is 4.74 Å². The second-order valence-corrected chi connectivity index (χ2v) is 4.61. The SMILES string of the molecule is COc1ncnc(Nc2ccc3c(c2)CCC3)c1N. The summed E-state index contributed by atoms with van der Waals surface area (Å²) in [6.45, 7) is 0. The number of aromatic nitrogens is 2. The van der Waals surface area contributed by atoms with Crippen LogP contribution in [0, 0.1) is 0 Å². The van der Waals surface area contributed by atoms with Crippen LogP contribution in [0.15, 0.2) is 24.5 Å². The summed E-state index contributed by atoms with van der Waals surface area (Å²) in [6, 6.07) is 6.38. The molecule has 0 unspecified atom stereocenters. The number of nitrogens with two attached hydrogens (primary N) is 1. The third kappa shape index (κ3) is 2.19. The van der Waals surface area contributed by atoms with Crippen molar-refractivity contribution in [2.75, 3.05) is 18.2 Å². The van der Waals surface area contributed by atoms with Gasteiger partial charge in [-0.25, -0.2) is 4.98 Å². The highest BCUT2D eigenvalue weighted by atomic mass is 16.5. The van der Waals surface area contributed by atoms with Crippen molar-refractivity contribution in [2.24, 2.45) is 0 Å². The fourth-order valence-corrected chi connectivity index (χ4v) is 2.43. The summed E-state index contributed by atoms with van der Waals surface area (Å²) in [5.41, 5.74) is 10.2. The number of aryl methyl sites for hydroxylation is 2. The van der Waals surface area contributed by atoms with Gasteiger partial charge >= 0.3 is 0 Å². The predicted molar refractivity (Wildman–Crippen MR) is 74.7 cm³/mol. The Balaban J connectivity index is 1.89. The van der Waals surface area contributed by atoms with Crippen LogP contribution in [0.1, 0.15) is 17.5 Å². The van der Waals surface area contributed by atoms with E-state index >= 15 is 0 Å². The average Bonchev–Trinajstić information content (AvgIpc) is 2.88. The second-order valence-electron chi connectivity index (χ2n) is 4.61. The standard InChI is InChI=1S/C14H16N4O/c1-19-14-12(15)13(16-8-17-14)18-11-6-5-9-3-2-4-10(9)7-11/h5-8H,2-4,15H2,1H3,(H,16,17,18). The first-order chi connectivity index (χ1) is 9.28. The molecule has 0 aliphatic heterocycles. The van der Waals surface area contributed by atoms with Gasteiger partial charge in [-0.3, -0.25) is 0 Å². The van der Waals surface area contributed by atoms with E-state index in [0.717, 1.165) is 12.1 Å². The molecule has 1 aromatic carbocycles. The fourth-order valence-electron chi connectivity index (χ4n) is 2.43. The van der Waals surface area contributed by atoms with Crippen molar-refractivity contribution in [3.63, 3.8) is 0 Å². The highest BCUT2D eigenvalue weighted by Crippen LogP contribution is 2.29. The number of nitrogens with one attached hydrogen (secondary N) is 1. The maximum absolute atomic E-state index is 5.94. The predicted octanol–water partition coefficient (Wildman–Crippen LogP) is 2.30. The molecule has 3 rings (SSSR count). The van der Waals surface area contributed by atoms with Gasteiger partial charge in [0.2, 0.25) is 5.88 Å². The number of rotatable bonds is 3. The molecule has 0 bridgehead atoms. The highest BCUT2D eigenvalue weighted by molar-refractivity contribution is 5.72. The van der Waals surface area contributed by atoms with Crippen LogP contribution in [0.3, 0.4) is 0 Å². The molecule has 2 aromatic rings.